The Kier molecular flexibility index (Phi) is 6.14. The lowest BCUT2D eigenvalue weighted by molar-refractivity contribution is 0.110. The molecule has 2 rings (SSSR count). The van der Waals surface area contributed by atoms with Crippen molar-refractivity contribution in [3.8, 4) is 5.75 Å². The van der Waals surface area contributed by atoms with Gasteiger partial charge < -0.3 is 14.8 Å². The van der Waals surface area contributed by atoms with Crippen LogP contribution >= 0.6 is 15.9 Å². The van der Waals surface area contributed by atoms with E-state index in [1.165, 1.54) is 18.4 Å². The van der Waals surface area contributed by atoms with Crippen LogP contribution in [0.2, 0.25) is 0 Å². The van der Waals surface area contributed by atoms with Crippen molar-refractivity contribution in [1.29, 1.82) is 0 Å². The Morgan fingerprint density at radius 2 is 2.37 bits per heavy atom. The molecule has 1 heterocycles. The molecule has 1 atom stereocenters. The van der Waals surface area contributed by atoms with Crippen molar-refractivity contribution in [3.05, 3.63) is 28.2 Å². The maximum absolute atomic E-state index is 5.64. The lowest BCUT2D eigenvalue weighted by Crippen LogP contribution is -2.25. The van der Waals surface area contributed by atoms with E-state index in [2.05, 4.69) is 40.3 Å². The minimum absolute atomic E-state index is 0.399. The van der Waals surface area contributed by atoms with E-state index in [-0.39, 0.29) is 0 Å². The van der Waals surface area contributed by atoms with Crippen molar-refractivity contribution >= 4 is 15.9 Å². The van der Waals surface area contributed by atoms with Gasteiger partial charge in [-0.2, -0.15) is 0 Å². The summed E-state index contributed by atoms with van der Waals surface area (Å²) in [5, 5.41) is 3.45. The van der Waals surface area contributed by atoms with Gasteiger partial charge in [0, 0.05) is 19.7 Å². The molecule has 1 N–H and O–H groups in total. The quantitative estimate of drug-likeness (QED) is 0.831. The normalized spacial score (nSPS) is 18.7. The van der Waals surface area contributed by atoms with Gasteiger partial charge in [-0.25, -0.2) is 0 Å². The number of halogens is 1. The van der Waals surface area contributed by atoms with Crippen LogP contribution in [0.15, 0.2) is 22.7 Å². The molecule has 3 nitrogen and oxygen atoms in total. The second-order valence-corrected chi connectivity index (χ2v) is 5.73. The van der Waals surface area contributed by atoms with Gasteiger partial charge in [-0.1, -0.05) is 13.0 Å². The zero-order chi connectivity index (χ0) is 13.5. The number of benzene rings is 1. The summed E-state index contributed by atoms with van der Waals surface area (Å²) in [5.41, 5.74) is 1.26. The van der Waals surface area contributed by atoms with Crippen LogP contribution in [0.25, 0.3) is 0 Å². The second kappa shape index (κ2) is 7.88. The van der Waals surface area contributed by atoms with Crippen molar-refractivity contribution in [1.82, 2.24) is 5.32 Å². The van der Waals surface area contributed by atoms with E-state index in [0.29, 0.717) is 6.10 Å². The van der Waals surface area contributed by atoms with Crippen LogP contribution in [0, 0.1) is 0 Å². The maximum Gasteiger partial charge on any atom is 0.133 e. The number of hydrogen-bond acceptors (Lipinski definition) is 3. The van der Waals surface area contributed by atoms with Crippen LogP contribution in [-0.2, 0) is 11.3 Å². The van der Waals surface area contributed by atoms with Crippen LogP contribution in [0.5, 0.6) is 5.75 Å². The summed E-state index contributed by atoms with van der Waals surface area (Å²) in [6.07, 6.45) is 3.80. The van der Waals surface area contributed by atoms with Crippen LogP contribution in [-0.4, -0.2) is 25.9 Å². The standard InChI is InChI=1S/C15H22BrNO2/c1-2-7-19-15-6-5-12(9-14(15)16)10-17-11-13-4-3-8-18-13/h5-6,9,13,17H,2-4,7-8,10-11H2,1H3/t13-/m1/s1. The molecule has 19 heavy (non-hydrogen) atoms. The molecule has 4 heteroatoms. The number of rotatable bonds is 7. The summed E-state index contributed by atoms with van der Waals surface area (Å²) in [6, 6.07) is 6.26. The number of nitrogens with one attached hydrogen (secondary N) is 1. The highest BCUT2D eigenvalue weighted by molar-refractivity contribution is 9.10. The topological polar surface area (TPSA) is 30.5 Å². The molecule has 1 aliphatic rings. The van der Waals surface area contributed by atoms with E-state index >= 15 is 0 Å². The predicted octanol–water partition coefficient (Wildman–Crippen LogP) is 3.51. The summed E-state index contributed by atoms with van der Waals surface area (Å²) >= 11 is 3.56. The van der Waals surface area contributed by atoms with Crippen molar-refractivity contribution in [2.75, 3.05) is 19.8 Å². The predicted molar refractivity (Wildman–Crippen MR) is 80.6 cm³/mol. The first-order valence-corrected chi connectivity index (χ1v) is 7.82. The lowest BCUT2D eigenvalue weighted by Gasteiger charge is -2.12. The minimum Gasteiger partial charge on any atom is -0.492 e. The third kappa shape index (κ3) is 4.79. The highest BCUT2D eigenvalue weighted by Gasteiger charge is 2.14. The molecule has 1 aliphatic heterocycles. The molecule has 0 bridgehead atoms. The molecule has 0 aromatic heterocycles. The van der Waals surface area contributed by atoms with Crippen molar-refractivity contribution in [2.24, 2.45) is 0 Å². The lowest BCUT2D eigenvalue weighted by atomic mass is 10.2. The molecular weight excluding hydrogens is 306 g/mol. The molecule has 0 radical (unpaired) electrons. The molecule has 0 spiro atoms. The molecule has 0 aliphatic carbocycles. The van der Waals surface area contributed by atoms with Crippen LogP contribution in [0.3, 0.4) is 0 Å². The minimum atomic E-state index is 0.399. The molecule has 0 amide bonds. The van der Waals surface area contributed by atoms with Gasteiger partial charge in [0.25, 0.3) is 0 Å². The highest BCUT2D eigenvalue weighted by Crippen LogP contribution is 2.26. The second-order valence-electron chi connectivity index (χ2n) is 4.88. The smallest absolute Gasteiger partial charge is 0.133 e. The van der Waals surface area contributed by atoms with E-state index in [0.717, 1.165) is 42.9 Å². The fourth-order valence-corrected chi connectivity index (χ4v) is 2.71. The average Bonchev–Trinajstić information content (AvgIpc) is 2.91. The average molecular weight is 328 g/mol. The zero-order valence-electron chi connectivity index (χ0n) is 11.5. The molecule has 1 saturated heterocycles. The van der Waals surface area contributed by atoms with Crippen molar-refractivity contribution in [2.45, 2.75) is 38.8 Å². The molecule has 1 aromatic rings. The van der Waals surface area contributed by atoms with Gasteiger partial charge in [0.15, 0.2) is 0 Å². The van der Waals surface area contributed by atoms with Gasteiger partial charge in [-0.3, -0.25) is 0 Å². The van der Waals surface area contributed by atoms with E-state index in [1.807, 2.05) is 6.07 Å². The SMILES string of the molecule is CCCOc1ccc(CNC[C@H]2CCCO2)cc1Br. The summed E-state index contributed by atoms with van der Waals surface area (Å²) in [4.78, 5) is 0. The van der Waals surface area contributed by atoms with Crippen molar-refractivity contribution < 1.29 is 9.47 Å². The highest BCUT2D eigenvalue weighted by atomic mass is 79.9. The first kappa shape index (κ1) is 14.8. The largest absolute Gasteiger partial charge is 0.492 e. The number of ether oxygens (including phenoxy) is 2. The fraction of sp³-hybridized carbons (Fsp3) is 0.600. The third-order valence-electron chi connectivity index (χ3n) is 3.18. The maximum atomic E-state index is 5.64. The van der Waals surface area contributed by atoms with Gasteiger partial charge in [0.05, 0.1) is 17.2 Å². The van der Waals surface area contributed by atoms with Crippen LogP contribution in [0.4, 0.5) is 0 Å². The monoisotopic (exact) mass is 327 g/mol. The summed E-state index contributed by atoms with van der Waals surface area (Å²) in [7, 11) is 0. The Balaban J connectivity index is 1.78. The number of hydrogen-bond donors (Lipinski definition) is 1. The summed E-state index contributed by atoms with van der Waals surface area (Å²) in [5.74, 6) is 0.921. The van der Waals surface area contributed by atoms with Gasteiger partial charge in [-0.15, -0.1) is 0 Å². The first-order valence-electron chi connectivity index (χ1n) is 7.03. The Bertz CT molecular complexity index is 392. The molecular formula is C15H22BrNO2. The van der Waals surface area contributed by atoms with Crippen LogP contribution in [0.1, 0.15) is 31.7 Å². The fourth-order valence-electron chi connectivity index (χ4n) is 2.17. The third-order valence-corrected chi connectivity index (χ3v) is 3.80. The van der Waals surface area contributed by atoms with Gasteiger partial charge in [0.1, 0.15) is 5.75 Å². The Labute approximate surface area is 123 Å². The van der Waals surface area contributed by atoms with Crippen molar-refractivity contribution in [3.63, 3.8) is 0 Å². The molecule has 0 saturated carbocycles. The Hall–Kier alpha value is -0.580. The first-order chi connectivity index (χ1) is 9.29. The van der Waals surface area contributed by atoms with E-state index < -0.39 is 0 Å². The molecule has 1 fully saturated rings. The summed E-state index contributed by atoms with van der Waals surface area (Å²) < 4.78 is 12.3. The van der Waals surface area contributed by atoms with Gasteiger partial charge >= 0.3 is 0 Å². The van der Waals surface area contributed by atoms with E-state index in [1.54, 1.807) is 0 Å². The van der Waals surface area contributed by atoms with E-state index in [9.17, 15) is 0 Å². The molecule has 1 aromatic carbocycles. The van der Waals surface area contributed by atoms with Gasteiger partial charge in [0.2, 0.25) is 0 Å². The Morgan fingerprint density at radius 3 is 3.05 bits per heavy atom. The summed E-state index contributed by atoms with van der Waals surface area (Å²) in [6.45, 7) is 5.59. The molecule has 0 unspecified atom stereocenters. The molecule has 106 valence electrons. The Morgan fingerprint density at radius 1 is 1.47 bits per heavy atom. The zero-order valence-corrected chi connectivity index (χ0v) is 13.0. The van der Waals surface area contributed by atoms with E-state index in [4.69, 9.17) is 9.47 Å². The van der Waals surface area contributed by atoms with Gasteiger partial charge in [-0.05, 0) is 52.9 Å². The van der Waals surface area contributed by atoms with Crippen LogP contribution < -0.4 is 10.1 Å².